The summed E-state index contributed by atoms with van der Waals surface area (Å²) in [5, 5.41) is 13.7. The number of amides is 2. The van der Waals surface area contributed by atoms with Crippen molar-refractivity contribution in [2.24, 2.45) is 0 Å². The molecule has 0 spiro atoms. The lowest BCUT2D eigenvalue weighted by Crippen LogP contribution is -2.40. The molecule has 0 fully saturated rings. The number of carboxylic acids is 1. The van der Waals surface area contributed by atoms with Gasteiger partial charge in [0.25, 0.3) is 0 Å². The molecular formula is C11H22N2O4S. The number of carbonyl (C=O) groups excluding carboxylic acids is 1. The van der Waals surface area contributed by atoms with Crippen molar-refractivity contribution in [3.8, 4) is 0 Å². The average molecular weight is 278 g/mol. The van der Waals surface area contributed by atoms with Crippen LogP contribution in [0.3, 0.4) is 0 Å². The summed E-state index contributed by atoms with van der Waals surface area (Å²) in [5.74, 6) is -0.790. The van der Waals surface area contributed by atoms with Gasteiger partial charge in [-0.2, -0.15) is 0 Å². The monoisotopic (exact) mass is 278 g/mol. The third-order valence-corrected chi connectivity index (χ3v) is 3.77. The topological polar surface area (TPSA) is 95.5 Å². The van der Waals surface area contributed by atoms with Crippen LogP contribution in [0.1, 0.15) is 32.6 Å². The van der Waals surface area contributed by atoms with Gasteiger partial charge >= 0.3 is 12.0 Å². The average Bonchev–Trinajstić information content (AvgIpc) is 2.29. The molecule has 0 saturated carbocycles. The fourth-order valence-corrected chi connectivity index (χ4v) is 1.51. The van der Waals surface area contributed by atoms with Crippen LogP contribution in [0.5, 0.6) is 0 Å². The van der Waals surface area contributed by atoms with Crippen LogP contribution in [-0.2, 0) is 15.6 Å². The van der Waals surface area contributed by atoms with Crippen LogP contribution in [0.15, 0.2) is 0 Å². The zero-order chi connectivity index (χ0) is 14.0. The van der Waals surface area contributed by atoms with Gasteiger partial charge in [-0.05, 0) is 19.8 Å². The maximum absolute atomic E-state index is 11.3. The Bertz CT molecular complexity index is 297. The molecule has 3 N–H and O–H groups in total. The van der Waals surface area contributed by atoms with Crippen molar-refractivity contribution >= 4 is 22.8 Å². The molecule has 0 rings (SSSR count). The minimum atomic E-state index is -0.939. The van der Waals surface area contributed by atoms with Crippen molar-refractivity contribution in [2.75, 3.05) is 19.3 Å². The third-order valence-electron chi connectivity index (χ3n) is 2.47. The van der Waals surface area contributed by atoms with Gasteiger partial charge in [-0.25, -0.2) is 4.79 Å². The number of carbonyl (C=O) groups is 2. The fourth-order valence-electron chi connectivity index (χ4n) is 1.20. The highest BCUT2D eigenvalue weighted by Crippen LogP contribution is 1.98. The lowest BCUT2D eigenvalue weighted by molar-refractivity contribution is -0.137. The maximum atomic E-state index is 11.3. The molecule has 7 heteroatoms. The zero-order valence-electron chi connectivity index (χ0n) is 10.9. The summed E-state index contributed by atoms with van der Waals surface area (Å²) in [5.41, 5.74) is 0. The lowest BCUT2D eigenvalue weighted by Gasteiger charge is -2.10. The normalized spacial score (nSPS) is 13.7. The molecule has 6 nitrogen and oxygen atoms in total. The number of unbranched alkanes of at least 4 members (excludes halogenated alkanes) is 2. The molecule has 0 heterocycles. The fraction of sp³-hybridized carbons (Fsp3) is 0.818. The molecule has 0 aromatic carbocycles. The molecule has 0 aromatic heterocycles. The van der Waals surface area contributed by atoms with E-state index in [0.29, 0.717) is 19.5 Å². The molecule has 2 unspecified atom stereocenters. The molecule has 106 valence electrons. The quantitative estimate of drug-likeness (QED) is 0.541. The van der Waals surface area contributed by atoms with Crippen molar-refractivity contribution in [1.82, 2.24) is 10.6 Å². The molecule has 0 radical (unpaired) electrons. The minimum absolute atomic E-state index is 0.0636. The summed E-state index contributed by atoms with van der Waals surface area (Å²) in [6.07, 6.45) is 3.95. The number of nitrogens with one attached hydrogen (secondary N) is 2. The summed E-state index contributed by atoms with van der Waals surface area (Å²) in [4.78, 5) is 21.5. The van der Waals surface area contributed by atoms with E-state index < -0.39 is 16.8 Å². The Labute approximate surface area is 110 Å². The minimum Gasteiger partial charge on any atom is -0.481 e. The first kappa shape index (κ1) is 16.9. The second kappa shape index (κ2) is 9.87. The maximum Gasteiger partial charge on any atom is 0.314 e. The Kier molecular flexibility index (Phi) is 9.26. The van der Waals surface area contributed by atoms with E-state index in [1.807, 2.05) is 6.92 Å². The van der Waals surface area contributed by atoms with Crippen molar-refractivity contribution in [3.05, 3.63) is 0 Å². The first-order valence-corrected chi connectivity index (χ1v) is 7.61. The highest BCUT2D eigenvalue weighted by Gasteiger charge is 2.07. The number of carboxylic acid groups (broad SMARTS) is 1. The third kappa shape index (κ3) is 10.1. The second-order valence-electron chi connectivity index (χ2n) is 4.15. The predicted octanol–water partition coefficient (Wildman–Crippen LogP) is 0.698. The summed E-state index contributed by atoms with van der Waals surface area (Å²) in [7, 11) is -0.939. The van der Waals surface area contributed by atoms with Crippen LogP contribution in [0.4, 0.5) is 4.79 Å². The van der Waals surface area contributed by atoms with Gasteiger partial charge in [0, 0.05) is 41.8 Å². The van der Waals surface area contributed by atoms with E-state index >= 15 is 0 Å². The largest absolute Gasteiger partial charge is 0.481 e. The van der Waals surface area contributed by atoms with Gasteiger partial charge in [0.05, 0.1) is 0 Å². The van der Waals surface area contributed by atoms with Crippen molar-refractivity contribution < 1.29 is 18.9 Å². The number of urea groups is 1. The molecule has 2 atom stereocenters. The van der Waals surface area contributed by atoms with Crippen LogP contribution in [0.2, 0.25) is 0 Å². The highest BCUT2D eigenvalue weighted by molar-refractivity contribution is 7.84. The first-order chi connectivity index (χ1) is 8.43. The second-order valence-corrected chi connectivity index (χ2v) is 5.95. The molecule has 0 aliphatic rings. The van der Waals surface area contributed by atoms with E-state index in [-0.39, 0.29) is 17.7 Å². The molecule has 18 heavy (non-hydrogen) atoms. The van der Waals surface area contributed by atoms with E-state index in [4.69, 9.17) is 5.11 Å². The van der Waals surface area contributed by atoms with E-state index in [1.165, 1.54) is 0 Å². The molecular weight excluding hydrogens is 256 g/mol. The molecule has 0 aliphatic heterocycles. The van der Waals surface area contributed by atoms with Gasteiger partial charge < -0.3 is 15.7 Å². The van der Waals surface area contributed by atoms with Gasteiger partial charge in [-0.15, -0.1) is 0 Å². The molecule has 0 aliphatic carbocycles. The first-order valence-electron chi connectivity index (χ1n) is 5.99. The SMILES string of the molecule is CC(CNC(=O)NCCCCCC(=O)O)S(C)=O. The standard InChI is InChI=1S/C11H22N2O4S/c1-9(18(2)17)8-13-11(16)12-7-5-3-4-6-10(14)15/h9H,3-8H2,1-2H3,(H,14,15)(H2,12,13,16). The Hall–Kier alpha value is -1.11. The molecule has 0 saturated heterocycles. The summed E-state index contributed by atoms with van der Waals surface area (Å²) in [6, 6.07) is -0.273. The van der Waals surface area contributed by atoms with E-state index in [2.05, 4.69) is 10.6 Å². The number of aliphatic carboxylic acids is 1. The van der Waals surface area contributed by atoms with Crippen LogP contribution >= 0.6 is 0 Å². The van der Waals surface area contributed by atoms with Crippen LogP contribution in [0.25, 0.3) is 0 Å². The summed E-state index contributed by atoms with van der Waals surface area (Å²) in [6.45, 7) is 2.71. The Balaban J connectivity index is 3.43. The van der Waals surface area contributed by atoms with Crippen molar-refractivity contribution in [2.45, 2.75) is 37.9 Å². The van der Waals surface area contributed by atoms with Gasteiger partial charge in [0.2, 0.25) is 0 Å². The summed E-state index contributed by atoms with van der Waals surface area (Å²) < 4.78 is 11.0. The van der Waals surface area contributed by atoms with Crippen LogP contribution in [0, 0.1) is 0 Å². The Morgan fingerprint density at radius 1 is 1.22 bits per heavy atom. The zero-order valence-corrected chi connectivity index (χ0v) is 11.7. The summed E-state index contributed by atoms with van der Waals surface area (Å²) >= 11 is 0. The molecule has 2 amide bonds. The van der Waals surface area contributed by atoms with Crippen LogP contribution < -0.4 is 10.6 Å². The van der Waals surface area contributed by atoms with Gasteiger partial charge in [0.15, 0.2) is 0 Å². The van der Waals surface area contributed by atoms with Gasteiger partial charge in [-0.3, -0.25) is 9.00 Å². The van der Waals surface area contributed by atoms with Gasteiger partial charge in [0.1, 0.15) is 0 Å². The van der Waals surface area contributed by atoms with E-state index in [0.717, 1.165) is 12.8 Å². The number of rotatable bonds is 9. The Morgan fingerprint density at radius 3 is 2.44 bits per heavy atom. The van der Waals surface area contributed by atoms with Crippen molar-refractivity contribution in [1.29, 1.82) is 0 Å². The number of hydrogen-bond acceptors (Lipinski definition) is 3. The van der Waals surface area contributed by atoms with Crippen molar-refractivity contribution in [3.63, 3.8) is 0 Å². The Morgan fingerprint density at radius 2 is 1.89 bits per heavy atom. The van der Waals surface area contributed by atoms with E-state index in [9.17, 15) is 13.8 Å². The molecule has 0 aromatic rings. The molecule has 0 bridgehead atoms. The van der Waals surface area contributed by atoms with E-state index in [1.54, 1.807) is 6.26 Å². The predicted molar refractivity (Wildman–Crippen MR) is 71.0 cm³/mol. The lowest BCUT2D eigenvalue weighted by atomic mass is 10.2. The highest BCUT2D eigenvalue weighted by atomic mass is 32.2. The smallest absolute Gasteiger partial charge is 0.314 e. The van der Waals surface area contributed by atoms with Crippen LogP contribution in [-0.4, -0.2) is 45.9 Å². The van der Waals surface area contributed by atoms with Gasteiger partial charge in [-0.1, -0.05) is 6.42 Å². The number of hydrogen-bond donors (Lipinski definition) is 3.